The molecule has 0 aliphatic carbocycles. The van der Waals surface area contributed by atoms with Crippen molar-refractivity contribution in [1.29, 1.82) is 0 Å². The summed E-state index contributed by atoms with van der Waals surface area (Å²) in [4.78, 5) is 18.6. The Morgan fingerprint density at radius 2 is 2.00 bits per heavy atom. The van der Waals surface area contributed by atoms with Gasteiger partial charge < -0.3 is 9.72 Å². The highest BCUT2D eigenvalue weighted by Gasteiger charge is 2.09. The van der Waals surface area contributed by atoms with Crippen molar-refractivity contribution in [1.82, 2.24) is 9.97 Å². The first-order valence-corrected chi connectivity index (χ1v) is 5.40. The molecule has 0 saturated heterocycles. The van der Waals surface area contributed by atoms with Crippen LogP contribution in [0.3, 0.4) is 0 Å². The first-order valence-electron chi connectivity index (χ1n) is 5.40. The number of ether oxygens (including phenoxy) is 1. The Labute approximate surface area is 99.3 Å². The second-order valence-electron chi connectivity index (χ2n) is 3.76. The number of rotatable bonds is 3. The third kappa shape index (κ3) is 2.60. The van der Waals surface area contributed by atoms with E-state index in [1.54, 1.807) is 7.11 Å². The molecule has 1 aromatic heterocycles. The van der Waals surface area contributed by atoms with E-state index in [1.807, 2.05) is 37.3 Å². The molecule has 0 spiro atoms. The number of hydrogen-bond acceptors (Lipinski definition) is 3. The maximum Gasteiger partial charge on any atom is 0.251 e. The summed E-state index contributed by atoms with van der Waals surface area (Å²) in [6.07, 6.45) is -0.230. The van der Waals surface area contributed by atoms with Gasteiger partial charge in [0.05, 0.1) is 5.69 Å². The second-order valence-corrected chi connectivity index (χ2v) is 3.76. The summed E-state index contributed by atoms with van der Waals surface area (Å²) in [6.45, 7) is 1.84. The molecule has 4 heteroatoms. The molecular weight excluding hydrogens is 216 g/mol. The molecule has 1 aromatic carbocycles. The number of methoxy groups -OCH3 is 1. The lowest BCUT2D eigenvalue weighted by Crippen LogP contribution is -2.14. The molecule has 1 N–H and O–H groups in total. The highest BCUT2D eigenvalue weighted by molar-refractivity contribution is 5.58. The molecule has 0 fully saturated rings. The summed E-state index contributed by atoms with van der Waals surface area (Å²) in [6, 6.07) is 11.1. The van der Waals surface area contributed by atoms with Gasteiger partial charge in [0.2, 0.25) is 0 Å². The molecule has 1 atom stereocenters. The van der Waals surface area contributed by atoms with Gasteiger partial charge in [-0.05, 0) is 6.92 Å². The topological polar surface area (TPSA) is 55.0 Å². The smallest absolute Gasteiger partial charge is 0.251 e. The van der Waals surface area contributed by atoms with E-state index >= 15 is 0 Å². The van der Waals surface area contributed by atoms with Crippen molar-refractivity contribution in [2.24, 2.45) is 0 Å². The molecule has 4 nitrogen and oxygen atoms in total. The predicted molar refractivity (Wildman–Crippen MR) is 65.7 cm³/mol. The van der Waals surface area contributed by atoms with E-state index in [4.69, 9.17) is 4.74 Å². The maximum absolute atomic E-state index is 11.6. The first kappa shape index (κ1) is 11.5. The van der Waals surface area contributed by atoms with Gasteiger partial charge in [-0.2, -0.15) is 0 Å². The Morgan fingerprint density at radius 3 is 2.65 bits per heavy atom. The Balaban J connectivity index is 2.49. The lowest BCUT2D eigenvalue weighted by Gasteiger charge is -2.09. The number of hydrogen-bond donors (Lipinski definition) is 1. The van der Waals surface area contributed by atoms with E-state index in [9.17, 15) is 4.79 Å². The van der Waals surface area contributed by atoms with Crippen LogP contribution in [0, 0.1) is 0 Å². The molecule has 0 saturated carbocycles. The lowest BCUT2D eigenvalue weighted by molar-refractivity contribution is 0.112. The third-order valence-corrected chi connectivity index (χ3v) is 2.57. The molecular formula is C13H14N2O2. The van der Waals surface area contributed by atoms with Gasteiger partial charge >= 0.3 is 0 Å². The van der Waals surface area contributed by atoms with Crippen LogP contribution in [-0.2, 0) is 4.74 Å². The third-order valence-electron chi connectivity index (χ3n) is 2.57. The first-order chi connectivity index (χ1) is 8.20. The molecule has 1 heterocycles. The second kappa shape index (κ2) is 4.93. The quantitative estimate of drug-likeness (QED) is 0.878. The molecule has 2 aromatic rings. The van der Waals surface area contributed by atoms with Crippen LogP contribution in [0.5, 0.6) is 0 Å². The van der Waals surface area contributed by atoms with Gasteiger partial charge in [0.15, 0.2) is 0 Å². The van der Waals surface area contributed by atoms with Gasteiger partial charge in [-0.15, -0.1) is 0 Å². The van der Waals surface area contributed by atoms with E-state index in [0.717, 1.165) is 5.56 Å². The summed E-state index contributed by atoms with van der Waals surface area (Å²) in [5.74, 6) is 0.541. The molecule has 0 bridgehead atoms. The number of nitrogens with one attached hydrogen (secondary N) is 1. The summed E-state index contributed by atoms with van der Waals surface area (Å²) in [5.41, 5.74) is 1.41. The number of H-pyrrole nitrogens is 1. The number of nitrogens with zero attached hydrogens (tertiary/aromatic N) is 1. The van der Waals surface area contributed by atoms with Crippen LogP contribution >= 0.6 is 0 Å². The number of benzene rings is 1. The standard InChI is InChI=1S/C13H14N2O2/c1-9(17-2)13-14-11(8-12(16)15-13)10-6-4-3-5-7-10/h3-9H,1-2H3,(H,14,15,16). The largest absolute Gasteiger partial charge is 0.374 e. The van der Waals surface area contributed by atoms with Crippen molar-refractivity contribution in [2.75, 3.05) is 7.11 Å². The fourth-order valence-corrected chi connectivity index (χ4v) is 1.54. The van der Waals surface area contributed by atoms with Crippen molar-refractivity contribution in [2.45, 2.75) is 13.0 Å². The minimum atomic E-state index is -0.230. The number of aromatic amines is 1. The van der Waals surface area contributed by atoms with Crippen molar-refractivity contribution in [3.8, 4) is 11.3 Å². The zero-order valence-corrected chi connectivity index (χ0v) is 9.81. The van der Waals surface area contributed by atoms with Crippen LogP contribution in [0.1, 0.15) is 18.9 Å². The Hall–Kier alpha value is -1.94. The number of aromatic nitrogens is 2. The van der Waals surface area contributed by atoms with E-state index in [0.29, 0.717) is 11.5 Å². The van der Waals surface area contributed by atoms with Crippen LogP contribution in [0.15, 0.2) is 41.2 Å². The monoisotopic (exact) mass is 230 g/mol. The lowest BCUT2D eigenvalue weighted by atomic mass is 10.1. The van der Waals surface area contributed by atoms with Crippen molar-refractivity contribution in [3.63, 3.8) is 0 Å². The molecule has 0 aliphatic heterocycles. The Kier molecular flexibility index (Phi) is 3.35. The van der Waals surface area contributed by atoms with E-state index in [1.165, 1.54) is 6.07 Å². The van der Waals surface area contributed by atoms with E-state index < -0.39 is 0 Å². The molecule has 17 heavy (non-hydrogen) atoms. The molecule has 88 valence electrons. The van der Waals surface area contributed by atoms with Crippen LogP contribution < -0.4 is 5.56 Å². The van der Waals surface area contributed by atoms with Crippen LogP contribution in [0.25, 0.3) is 11.3 Å². The highest BCUT2D eigenvalue weighted by Crippen LogP contribution is 2.17. The van der Waals surface area contributed by atoms with Gasteiger partial charge in [-0.25, -0.2) is 4.98 Å². The van der Waals surface area contributed by atoms with Gasteiger partial charge in [-0.1, -0.05) is 30.3 Å². The molecule has 1 unspecified atom stereocenters. The van der Waals surface area contributed by atoms with Crippen LogP contribution in [-0.4, -0.2) is 17.1 Å². The molecule has 0 radical (unpaired) electrons. The summed E-state index contributed by atoms with van der Waals surface area (Å²) >= 11 is 0. The summed E-state index contributed by atoms with van der Waals surface area (Å²) < 4.78 is 5.15. The fraction of sp³-hybridized carbons (Fsp3) is 0.231. The predicted octanol–water partition coefficient (Wildman–Crippen LogP) is 2.14. The average Bonchev–Trinajstić information content (AvgIpc) is 2.38. The minimum Gasteiger partial charge on any atom is -0.374 e. The van der Waals surface area contributed by atoms with Gasteiger partial charge in [0.25, 0.3) is 5.56 Å². The fourth-order valence-electron chi connectivity index (χ4n) is 1.54. The van der Waals surface area contributed by atoms with E-state index in [-0.39, 0.29) is 11.7 Å². The van der Waals surface area contributed by atoms with Crippen LogP contribution in [0.2, 0.25) is 0 Å². The maximum atomic E-state index is 11.6. The molecule has 2 rings (SSSR count). The Bertz CT molecular complexity index is 549. The zero-order valence-electron chi connectivity index (χ0n) is 9.81. The van der Waals surface area contributed by atoms with Gasteiger partial charge in [0.1, 0.15) is 11.9 Å². The summed E-state index contributed by atoms with van der Waals surface area (Å²) in [7, 11) is 1.58. The highest BCUT2D eigenvalue weighted by atomic mass is 16.5. The van der Waals surface area contributed by atoms with Crippen molar-refractivity contribution in [3.05, 3.63) is 52.6 Å². The zero-order chi connectivity index (χ0) is 12.3. The minimum absolute atomic E-state index is 0.169. The normalized spacial score (nSPS) is 12.4. The SMILES string of the molecule is COC(C)c1nc(-c2ccccc2)cc(=O)[nH]1. The average molecular weight is 230 g/mol. The molecule has 0 amide bonds. The van der Waals surface area contributed by atoms with Gasteiger partial charge in [0, 0.05) is 18.7 Å². The Morgan fingerprint density at radius 1 is 1.29 bits per heavy atom. The van der Waals surface area contributed by atoms with Crippen molar-refractivity contribution >= 4 is 0 Å². The summed E-state index contributed by atoms with van der Waals surface area (Å²) in [5, 5.41) is 0. The van der Waals surface area contributed by atoms with Crippen LogP contribution in [0.4, 0.5) is 0 Å². The van der Waals surface area contributed by atoms with Gasteiger partial charge in [-0.3, -0.25) is 4.79 Å². The molecule has 0 aliphatic rings. The van der Waals surface area contributed by atoms with Crippen molar-refractivity contribution < 1.29 is 4.74 Å². The van der Waals surface area contributed by atoms with E-state index in [2.05, 4.69) is 9.97 Å².